The number of anilines is 1. The van der Waals surface area contributed by atoms with Crippen LogP contribution in [0, 0.1) is 11.3 Å². The van der Waals surface area contributed by atoms with Crippen LogP contribution in [0.3, 0.4) is 0 Å². The van der Waals surface area contributed by atoms with Crippen molar-refractivity contribution in [3.63, 3.8) is 0 Å². The summed E-state index contributed by atoms with van der Waals surface area (Å²) in [5.74, 6) is 0. The fourth-order valence-corrected chi connectivity index (χ4v) is 1.14. The van der Waals surface area contributed by atoms with Gasteiger partial charge in [-0.2, -0.15) is 10.4 Å². The minimum absolute atomic E-state index is 0.00733. The van der Waals surface area contributed by atoms with E-state index in [4.69, 9.17) is 11.0 Å². The molecule has 1 aromatic carbocycles. The van der Waals surface area contributed by atoms with Gasteiger partial charge in [0.15, 0.2) is 5.71 Å². The molecule has 0 spiro atoms. The maximum atomic E-state index is 8.62. The third kappa shape index (κ3) is 3.65. The number of nitrogens with one attached hydrogen (secondary N) is 1. The van der Waals surface area contributed by atoms with Crippen molar-refractivity contribution < 1.29 is 0 Å². The molecule has 0 amide bonds. The lowest BCUT2D eigenvalue weighted by Crippen LogP contribution is -2.20. The van der Waals surface area contributed by atoms with E-state index >= 15 is 0 Å². The Morgan fingerprint density at radius 1 is 1.47 bits per heavy atom. The highest BCUT2D eigenvalue weighted by Crippen LogP contribution is 2.13. The molecule has 0 saturated heterocycles. The van der Waals surface area contributed by atoms with Crippen LogP contribution in [-0.2, 0) is 0 Å². The van der Waals surface area contributed by atoms with Crippen LogP contribution in [0.15, 0.2) is 33.8 Å². The summed E-state index contributed by atoms with van der Waals surface area (Å²) >= 11 is 7.93. The molecule has 6 heteroatoms. The van der Waals surface area contributed by atoms with Crippen LogP contribution < -0.4 is 11.2 Å². The van der Waals surface area contributed by atoms with Crippen molar-refractivity contribution in [2.45, 2.75) is 0 Å². The second-order valence-corrected chi connectivity index (χ2v) is 3.91. The zero-order valence-corrected chi connectivity index (χ0v) is 9.97. The van der Waals surface area contributed by atoms with Crippen molar-refractivity contribution in [3.8, 4) is 6.07 Å². The quantitative estimate of drug-likeness (QED) is 0.505. The first-order valence-electron chi connectivity index (χ1n) is 3.92. The molecule has 76 valence electrons. The molecule has 3 N–H and O–H groups in total. The Hall–Kier alpha value is -1.45. The number of rotatable bonds is 3. The molecule has 1 rings (SSSR count). The van der Waals surface area contributed by atoms with Gasteiger partial charge in [-0.25, -0.2) is 0 Å². The van der Waals surface area contributed by atoms with Gasteiger partial charge in [0.1, 0.15) is 11.1 Å². The van der Waals surface area contributed by atoms with Crippen molar-refractivity contribution >= 4 is 44.5 Å². The van der Waals surface area contributed by atoms with E-state index in [1.807, 2.05) is 24.3 Å². The lowest BCUT2D eigenvalue weighted by molar-refractivity contribution is 1.34. The minimum atomic E-state index is -0.0258. The number of halogens is 1. The maximum absolute atomic E-state index is 8.62. The third-order valence-corrected chi connectivity index (χ3v) is 2.20. The van der Waals surface area contributed by atoms with E-state index in [1.165, 1.54) is 0 Å². The molecule has 0 aliphatic heterocycles. The van der Waals surface area contributed by atoms with E-state index in [1.54, 1.807) is 6.07 Å². The molecule has 0 saturated carbocycles. The number of nitriles is 1. The minimum Gasteiger partial charge on any atom is -0.387 e. The Morgan fingerprint density at radius 2 is 2.07 bits per heavy atom. The summed E-state index contributed by atoms with van der Waals surface area (Å²) in [6.45, 7) is 0. The lowest BCUT2D eigenvalue weighted by atomic mass is 10.3. The standard InChI is InChI=1S/C9H7BrN4S/c10-6-1-3-7(4-2-6)13-14-8(5-11)9(12)15/h1-4,13H,(H2,12,15). The monoisotopic (exact) mass is 282 g/mol. The molecule has 0 aliphatic rings. The fourth-order valence-electron chi connectivity index (χ4n) is 0.780. The van der Waals surface area contributed by atoms with Gasteiger partial charge in [-0.3, -0.25) is 5.43 Å². The Kier molecular flexibility index (Phi) is 4.21. The van der Waals surface area contributed by atoms with Crippen molar-refractivity contribution in [1.82, 2.24) is 0 Å². The van der Waals surface area contributed by atoms with Gasteiger partial charge in [0.2, 0.25) is 0 Å². The van der Waals surface area contributed by atoms with Gasteiger partial charge in [0.25, 0.3) is 0 Å². The topological polar surface area (TPSA) is 74.2 Å². The van der Waals surface area contributed by atoms with E-state index < -0.39 is 0 Å². The van der Waals surface area contributed by atoms with Crippen molar-refractivity contribution in [2.24, 2.45) is 10.8 Å². The molecule has 4 nitrogen and oxygen atoms in total. The molecule has 0 aromatic heterocycles. The number of hydrogen-bond donors (Lipinski definition) is 2. The van der Waals surface area contributed by atoms with Crippen LogP contribution in [0.2, 0.25) is 0 Å². The molecule has 0 aliphatic carbocycles. The van der Waals surface area contributed by atoms with Crippen LogP contribution in [-0.4, -0.2) is 10.7 Å². The third-order valence-electron chi connectivity index (χ3n) is 1.48. The van der Waals surface area contributed by atoms with Crippen molar-refractivity contribution in [1.29, 1.82) is 5.26 Å². The number of hydrogen-bond acceptors (Lipinski definition) is 4. The summed E-state index contributed by atoms with van der Waals surface area (Å²) in [5, 5.41) is 12.4. The first-order valence-corrected chi connectivity index (χ1v) is 5.13. The fraction of sp³-hybridized carbons (Fsp3) is 0. The first kappa shape index (κ1) is 11.6. The van der Waals surface area contributed by atoms with Crippen molar-refractivity contribution in [2.75, 3.05) is 5.43 Å². The van der Waals surface area contributed by atoms with Gasteiger partial charge in [-0.05, 0) is 24.3 Å². The highest BCUT2D eigenvalue weighted by atomic mass is 79.9. The van der Waals surface area contributed by atoms with E-state index in [-0.39, 0.29) is 10.7 Å². The van der Waals surface area contributed by atoms with Gasteiger partial charge < -0.3 is 5.73 Å². The predicted molar refractivity (Wildman–Crippen MR) is 67.6 cm³/mol. The molecule has 0 heterocycles. The Morgan fingerprint density at radius 3 is 2.53 bits per heavy atom. The summed E-state index contributed by atoms with van der Waals surface area (Å²) in [4.78, 5) is -0.0258. The molecule has 0 unspecified atom stereocenters. The van der Waals surface area contributed by atoms with E-state index in [9.17, 15) is 0 Å². The molecular weight excluding hydrogens is 276 g/mol. The largest absolute Gasteiger partial charge is 0.387 e. The van der Waals surface area contributed by atoms with Gasteiger partial charge in [-0.1, -0.05) is 28.1 Å². The molecular formula is C9H7BrN4S. The summed E-state index contributed by atoms with van der Waals surface area (Å²) in [7, 11) is 0. The summed E-state index contributed by atoms with van der Waals surface area (Å²) in [6, 6.07) is 9.11. The average Bonchev–Trinajstić information content (AvgIpc) is 2.21. The Labute approximate surface area is 101 Å². The van der Waals surface area contributed by atoms with Gasteiger partial charge >= 0.3 is 0 Å². The number of thiocarbonyl (C=S) groups is 1. The first-order chi connectivity index (χ1) is 7.13. The molecule has 0 bridgehead atoms. The molecule has 15 heavy (non-hydrogen) atoms. The summed E-state index contributed by atoms with van der Waals surface area (Å²) < 4.78 is 0.965. The highest BCUT2D eigenvalue weighted by molar-refractivity contribution is 9.10. The normalized spacial score (nSPS) is 10.5. The number of nitrogens with zero attached hydrogens (tertiary/aromatic N) is 2. The van der Waals surface area contributed by atoms with Crippen LogP contribution >= 0.6 is 28.1 Å². The van der Waals surface area contributed by atoms with E-state index in [2.05, 4.69) is 38.7 Å². The van der Waals surface area contributed by atoms with Gasteiger partial charge in [0, 0.05) is 4.47 Å². The zero-order chi connectivity index (χ0) is 11.3. The second kappa shape index (κ2) is 5.44. The van der Waals surface area contributed by atoms with Crippen LogP contribution in [0.5, 0.6) is 0 Å². The SMILES string of the molecule is N#CC(=NNc1ccc(Br)cc1)C(N)=S. The van der Waals surface area contributed by atoms with E-state index in [0.717, 1.165) is 10.2 Å². The highest BCUT2D eigenvalue weighted by Gasteiger charge is 2.00. The molecule has 0 radical (unpaired) electrons. The molecule has 1 aromatic rings. The zero-order valence-electron chi connectivity index (χ0n) is 7.57. The summed E-state index contributed by atoms with van der Waals surface area (Å²) in [5.41, 5.74) is 8.71. The van der Waals surface area contributed by atoms with Crippen molar-refractivity contribution in [3.05, 3.63) is 28.7 Å². The number of hydrazone groups is 1. The number of benzene rings is 1. The van der Waals surface area contributed by atoms with Crippen LogP contribution in [0.1, 0.15) is 0 Å². The van der Waals surface area contributed by atoms with Gasteiger partial charge in [0.05, 0.1) is 5.69 Å². The average molecular weight is 283 g/mol. The molecule has 0 fully saturated rings. The number of nitrogens with two attached hydrogens (primary N) is 1. The Balaban J connectivity index is 2.76. The smallest absolute Gasteiger partial charge is 0.194 e. The van der Waals surface area contributed by atoms with Crippen LogP contribution in [0.25, 0.3) is 0 Å². The second-order valence-electron chi connectivity index (χ2n) is 2.56. The summed E-state index contributed by atoms with van der Waals surface area (Å²) in [6.07, 6.45) is 0. The predicted octanol–water partition coefficient (Wildman–Crippen LogP) is 2.03. The maximum Gasteiger partial charge on any atom is 0.194 e. The van der Waals surface area contributed by atoms with Crippen LogP contribution in [0.4, 0.5) is 5.69 Å². The lowest BCUT2D eigenvalue weighted by Gasteiger charge is -2.00. The van der Waals surface area contributed by atoms with Gasteiger partial charge in [-0.15, -0.1) is 0 Å². The van der Waals surface area contributed by atoms with E-state index in [0.29, 0.717) is 0 Å². The molecule has 0 atom stereocenters. The Bertz CT molecular complexity index is 432.